The van der Waals surface area contributed by atoms with Gasteiger partial charge in [0, 0.05) is 34.1 Å². The summed E-state index contributed by atoms with van der Waals surface area (Å²) in [5.74, 6) is 0. The van der Waals surface area contributed by atoms with Gasteiger partial charge >= 0.3 is 0 Å². The summed E-state index contributed by atoms with van der Waals surface area (Å²) >= 11 is 0. The Kier molecular flexibility index (Phi) is 8.19. The van der Waals surface area contributed by atoms with E-state index in [1.165, 1.54) is 66.7 Å². The highest BCUT2D eigenvalue weighted by Gasteiger charge is 2.43. The van der Waals surface area contributed by atoms with Gasteiger partial charge in [0.05, 0.1) is 0 Å². The van der Waals surface area contributed by atoms with Crippen LogP contribution in [0.5, 0.6) is 0 Å². The largest absolute Gasteiger partial charge is 0.311 e. The second-order valence-electron chi connectivity index (χ2n) is 17.0. The minimum absolute atomic E-state index is 0.0340. The molecule has 9 rings (SSSR count). The number of benzene rings is 7. The average molecular weight is 697 g/mol. The van der Waals surface area contributed by atoms with Crippen LogP contribution in [0.15, 0.2) is 170 Å². The Morgan fingerprint density at radius 2 is 0.648 bits per heavy atom. The standard InChI is InChI=1S/C50H46B2N2/c1-49(2,3)37-25-13-15-27-39(37)51-41-29-17-19-31-45(41)53(35-21-9-7-10-22-35)47-34-48-44(33-43(47)51)52(40-28-16-14-26-38(40)50(4,5)6)42-30-18-20-32-46(42)54(48)36-23-11-8-12-24-36/h7-34H,1-6H3. The quantitative estimate of drug-likeness (QED) is 0.170. The van der Waals surface area contributed by atoms with E-state index in [-0.39, 0.29) is 24.3 Å². The van der Waals surface area contributed by atoms with Crippen molar-refractivity contribution in [3.05, 3.63) is 181 Å². The first-order chi connectivity index (χ1) is 26.1. The third-order valence-electron chi connectivity index (χ3n) is 11.4. The molecule has 262 valence electrons. The molecule has 0 unspecified atom stereocenters. The van der Waals surface area contributed by atoms with Crippen molar-refractivity contribution >= 4 is 80.3 Å². The number of anilines is 6. The Bertz CT molecular complexity index is 2320. The van der Waals surface area contributed by atoms with Crippen LogP contribution in [0.2, 0.25) is 0 Å². The van der Waals surface area contributed by atoms with Crippen LogP contribution in [0.1, 0.15) is 52.7 Å². The third kappa shape index (κ3) is 5.59. The Morgan fingerprint density at radius 1 is 0.315 bits per heavy atom. The second-order valence-corrected chi connectivity index (χ2v) is 17.0. The molecule has 54 heavy (non-hydrogen) atoms. The highest BCUT2D eigenvalue weighted by Crippen LogP contribution is 2.42. The SMILES string of the molecule is CC(C)(C)c1ccccc1B1c2ccccc2N(c2ccccc2)c2cc3c(cc21)B(c1ccccc1C(C)(C)C)c1ccccc1N3c1ccccc1. The van der Waals surface area contributed by atoms with Crippen LogP contribution in [-0.2, 0) is 10.8 Å². The molecule has 0 aromatic heterocycles. The smallest absolute Gasteiger partial charge is 0.247 e. The molecule has 0 bridgehead atoms. The number of para-hydroxylation sites is 4. The van der Waals surface area contributed by atoms with E-state index in [1.807, 2.05) is 0 Å². The molecular weight excluding hydrogens is 650 g/mol. The molecule has 0 atom stereocenters. The molecule has 0 aliphatic carbocycles. The summed E-state index contributed by atoms with van der Waals surface area (Å²) in [5.41, 5.74) is 18.0. The van der Waals surface area contributed by atoms with Crippen molar-refractivity contribution in [1.82, 2.24) is 0 Å². The first-order valence-electron chi connectivity index (χ1n) is 19.4. The van der Waals surface area contributed by atoms with Crippen LogP contribution in [0.3, 0.4) is 0 Å². The Labute approximate surface area is 322 Å². The molecular formula is C50H46B2N2. The molecule has 2 aliphatic rings. The Balaban J connectivity index is 1.43. The number of fused-ring (bicyclic) bond motifs is 4. The zero-order valence-electron chi connectivity index (χ0n) is 32.2. The fourth-order valence-corrected chi connectivity index (χ4v) is 9.17. The summed E-state index contributed by atoms with van der Waals surface area (Å²) in [6, 6.07) is 63.4. The maximum atomic E-state index is 2.59. The average Bonchev–Trinajstić information content (AvgIpc) is 3.18. The van der Waals surface area contributed by atoms with Gasteiger partial charge in [0.1, 0.15) is 0 Å². The van der Waals surface area contributed by atoms with Gasteiger partial charge in [-0.1, -0.05) is 180 Å². The number of hydrogen-bond donors (Lipinski definition) is 0. The first-order valence-corrected chi connectivity index (χ1v) is 19.4. The third-order valence-corrected chi connectivity index (χ3v) is 11.4. The van der Waals surface area contributed by atoms with Gasteiger partial charge in [0.2, 0.25) is 13.4 Å². The van der Waals surface area contributed by atoms with Crippen molar-refractivity contribution in [3.8, 4) is 0 Å². The van der Waals surface area contributed by atoms with Crippen LogP contribution in [0.4, 0.5) is 34.1 Å². The van der Waals surface area contributed by atoms with E-state index in [1.54, 1.807) is 0 Å². The van der Waals surface area contributed by atoms with Gasteiger partial charge in [-0.15, -0.1) is 0 Å². The fourth-order valence-electron chi connectivity index (χ4n) is 9.17. The number of rotatable bonds is 4. The van der Waals surface area contributed by atoms with Gasteiger partial charge in [-0.3, -0.25) is 0 Å². The predicted molar refractivity (Wildman–Crippen MR) is 235 cm³/mol. The Hall–Kier alpha value is -5.73. The van der Waals surface area contributed by atoms with Crippen LogP contribution in [0.25, 0.3) is 0 Å². The summed E-state index contributed by atoms with van der Waals surface area (Å²) < 4.78 is 0. The predicted octanol–water partition coefficient (Wildman–Crippen LogP) is 8.88. The molecule has 0 amide bonds. The van der Waals surface area contributed by atoms with Crippen LogP contribution in [0, 0.1) is 0 Å². The summed E-state index contributed by atoms with van der Waals surface area (Å²) in [5, 5.41) is 0. The molecule has 4 heteroatoms. The lowest BCUT2D eigenvalue weighted by Crippen LogP contribution is -2.63. The lowest BCUT2D eigenvalue weighted by atomic mass is 9.30. The highest BCUT2D eigenvalue weighted by atomic mass is 15.2. The normalized spacial score (nSPS) is 13.6. The van der Waals surface area contributed by atoms with Crippen molar-refractivity contribution in [1.29, 1.82) is 0 Å². The van der Waals surface area contributed by atoms with Crippen molar-refractivity contribution < 1.29 is 0 Å². The van der Waals surface area contributed by atoms with E-state index in [0.717, 1.165) is 11.4 Å². The lowest BCUT2D eigenvalue weighted by Gasteiger charge is -2.43. The van der Waals surface area contributed by atoms with Crippen LogP contribution < -0.4 is 42.6 Å². The van der Waals surface area contributed by atoms with Crippen molar-refractivity contribution in [3.63, 3.8) is 0 Å². The van der Waals surface area contributed by atoms with Gasteiger partial charge < -0.3 is 9.80 Å². The Morgan fingerprint density at radius 3 is 1.04 bits per heavy atom. The maximum Gasteiger partial charge on any atom is 0.247 e. The summed E-state index contributed by atoms with van der Waals surface area (Å²) in [7, 11) is 0. The van der Waals surface area contributed by atoms with Gasteiger partial charge in [0.25, 0.3) is 0 Å². The molecule has 0 spiro atoms. The van der Waals surface area contributed by atoms with E-state index in [9.17, 15) is 0 Å². The summed E-state index contributed by atoms with van der Waals surface area (Å²) in [4.78, 5) is 5.01. The molecule has 0 fully saturated rings. The second kappa shape index (κ2) is 13.0. The van der Waals surface area contributed by atoms with Crippen molar-refractivity contribution in [2.45, 2.75) is 52.4 Å². The van der Waals surface area contributed by atoms with E-state index in [0.29, 0.717) is 0 Å². The number of nitrogens with zero attached hydrogens (tertiary/aromatic N) is 2. The van der Waals surface area contributed by atoms with Gasteiger partial charge in [-0.25, -0.2) is 0 Å². The van der Waals surface area contributed by atoms with E-state index >= 15 is 0 Å². The highest BCUT2D eigenvalue weighted by molar-refractivity contribution is 7.01. The van der Waals surface area contributed by atoms with Gasteiger partial charge in [-0.2, -0.15) is 0 Å². The molecule has 0 radical (unpaired) electrons. The summed E-state index contributed by atoms with van der Waals surface area (Å²) in [6.07, 6.45) is 0. The maximum absolute atomic E-state index is 2.59. The van der Waals surface area contributed by atoms with E-state index in [4.69, 9.17) is 0 Å². The zero-order chi connectivity index (χ0) is 37.2. The topological polar surface area (TPSA) is 6.48 Å². The van der Waals surface area contributed by atoms with E-state index < -0.39 is 0 Å². The molecule has 7 aromatic rings. The lowest BCUT2D eigenvalue weighted by molar-refractivity contribution is 0.593. The van der Waals surface area contributed by atoms with Crippen molar-refractivity contribution in [2.24, 2.45) is 0 Å². The molecule has 2 aliphatic heterocycles. The zero-order valence-corrected chi connectivity index (χ0v) is 32.2. The molecule has 0 saturated carbocycles. The first kappa shape index (κ1) is 34.1. The molecule has 2 heterocycles. The van der Waals surface area contributed by atoms with E-state index in [2.05, 4.69) is 221 Å². The minimum atomic E-state index is -0.0340. The summed E-state index contributed by atoms with van der Waals surface area (Å²) in [6.45, 7) is 14.2. The molecule has 7 aromatic carbocycles. The molecule has 0 N–H and O–H groups in total. The van der Waals surface area contributed by atoms with Gasteiger partial charge in [0.15, 0.2) is 0 Å². The monoisotopic (exact) mass is 696 g/mol. The minimum Gasteiger partial charge on any atom is -0.311 e. The van der Waals surface area contributed by atoms with Crippen LogP contribution >= 0.6 is 0 Å². The number of hydrogen-bond acceptors (Lipinski definition) is 2. The van der Waals surface area contributed by atoms with Crippen molar-refractivity contribution in [2.75, 3.05) is 9.80 Å². The van der Waals surface area contributed by atoms with Crippen LogP contribution in [-0.4, -0.2) is 13.4 Å². The fraction of sp³-hybridized carbons (Fsp3) is 0.160. The molecule has 0 saturated heterocycles. The van der Waals surface area contributed by atoms with Gasteiger partial charge in [-0.05, 0) is 86.3 Å². The molecule has 2 nitrogen and oxygen atoms in total.